The summed E-state index contributed by atoms with van der Waals surface area (Å²) in [7, 11) is 0. The third-order valence-electron chi connectivity index (χ3n) is 2.96. The maximum Gasteiger partial charge on any atom is 0.272 e. The first-order chi connectivity index (χ1) is 10.2. The van der Waals surface area contributed by atoms with E-state index < -0.39 is 13.0 Å². The van der Waals surface area contributed by atoms with Crippen LogP contribution in [0.2, 0.25) is 0 Å². The molecule has 0 saturated heterocycles. The Bertz CT molecular complexity index is 482. The van der Waals surface area contributed by atoms with E-state index in [9.17, 15) is 8.78 Å². The molecule has 2 rings (SSSR count). The number of nitrogens with zero attached hydrogens (tertiary/aromatic N) is 1. The van der Waals surface area contributed by atoms with Gasteiger partial charge in [0.1, 0.15) is 12.4 Å². The highest BCUT2D eigenvalue weighted by Gasteiger charge is 2.21. The number of benzene rings is 1. The summed E-state index contributed by atoms with van der Waals surface area (Å²) in [6, 6.07) is 7.63. The van der Waals surface area contributed by atoms with Gasteiger partial charge in [0.15, 0.2) is 5.96 Å². The third-order valence-corrected chi connectivity index (χ3v) is 2.96. The number of ether oxygens (including phenoxy) is 1. The molecule has 0 aliphatic heterocycles. The van der Waals surface area contributed by atoms with E-state index in [1.165, 1.54) is 12.8 Å². The molecule has 22 heavy (non-hydrogen) atoms. The quantitative estimate of drug-likeness (QED) is 0.401. The topological polar surface area (TPSA) is 45.7 Å². The van der Waals surface area contributed by atoms with Gasteiger partial charge in [-0.2, -0.15) is 0 Å². The Morgan fingerprint density at radius 2 is 2.18 bits per heavy atom. The molecular formula is C15H22F2IN3O. The first-order valence-electron chi connectivity index (χ1n) is 7.22. The molecule has 1 aliphatic carbocycles. The van der Waals surface area contributed by atoms with Crippen LogP contribution in [0, 0.1) is 0 Å². The molecule has 0 spiro atoms. The molecule has 7 heteroatoms. The highest BCUT2D eigenvalue weighted by atomic mass is 127. The fourth-order valence-corrected chi connectivity index (χ4v) is 1.80. The Kier molecular flexibility index (Phi) is 8.44. The fraction of sp³-hybridized carbons (Fsp3) is 0.533. The molecule has 0 atom stereocenters. The van der Waals surface area contributed by atoms with Gasteiger partial charge in [0.25, 0.3) is 6.43 Å². The second-order valence-corrected chi connectivity index (χ2v) is 4.96. The minimum Gasteiger partial charge on any atom is -0.488 e. The summed E-state index contributed by atoms with van der Waals surface area (Å²) >= 11 is 0. The van der Waals surface area contributed by atoms with Crippen molar-refractivity contribution in [3.8, 4) is 5.75 Å². The lowest BCUT2D eigenvalue weighted by Gasteiger charge is -2.10. The Morgan fingerprint density at radius 1 is 1.41 bits per heavy atom. The van der Waals surface area contributed by atoms with Crippen LogP contribution >= 0.6 is 24.0 Å². The van der Waals surface area contributed by atoms with E-state index in [0.29, 0.717) is 18.3 Å². The van der Waals surface area contributed by atoms with Gasteiger partial charge in [-0.05, 0) is 37.5 Å². The van der Waals surface area contributed by atoms with Gasteiger partial charge in [-0.25, -0.2) is 13.8 Å². The van der Waals surface area contributed by atoms with Gasteiger partial charge in [0.05, 0.1) is 6.54 Å². The van der Waals surface area contributed by atoms with Gasteiger partial charge in [0.2, 0.25) is 0 Å². The second kappa shape index (κ2) is 9.81. The van der Waals surface area contributed by atoms with Gasteiger partial charge in [-0.15, -0.1) is 24.0 Å². The number of alkyl halides is 2. The molecule has 124 valence electrons. The fourth-order valence-electron chi connectivity index (χ4n) is 1.80. The molecule has 1 fully saturated rings. The van der Waals surface area contributed by atoms with Crippen LogP contribution in [0.15, 0.2) is 29.3 Å². The Labute approximate surface area is 146 Å². The maximum atomic E-state index is 12.1. The maximum absolute atomic E-state index is 12.1. The lowest BCUT2D eigenvalue weighted by molar-refractivity contribution is 0.0818. The summed E-state index contributed by atoms with van der Waals surface area (Å²) in [5.74, 6) is 1.24. The number of hydrogen-bond donors (Lipinski definition) is 2. The molecule has 1 aromatic carbocycles. The van der Waals surface area contributed by atoms with E-state index in [-0.39, 0.29) is 24.0 Å². The van der Waals surface area contributed by atoms with E-state index in [4.69, 9.17) is 4.74 Å². The number of aliphatic imine (C=N–C) groups is 1. The van der Waals surface area contributed by atoms with E-state index in [2.05, 4.69) is 15.6 Å². The molecule has 0 heterocycles. The summed E-state index contributed by atoms with van der Waals surface area (Å²) in [6.07, 6.45) is -0.0993. The van der Waals surface area contributed by atoms with Crippen LogP contribution in [0.1, 0.15) is 25.3 Å². The van der Waals surface area contributed by atoms with Crippen molar-refractivity contribution >= 4 is 29.9 Å². The lowest BCUT2D eigenvalue weighted by Crippen LogP contribution is -2.38. The van der Waals surface area contributed by atoms with Crippen molar-refractivity contribution in [1.29, 1.82) is 0 Å². The highest BCUT2D eigenvalue weighted by Crippen LogP contribution is 2.18. The van der Waals surface area contributed by atoms with Crippen molar-refractivity contribution in [2.75, 3.05) is 13.2 Å². The summed E-state index contributed by atoms with van der Waals surface area (Å²) in [4.78, 5) is 4.49. The molecule has 1 aliphatic rings. The molecule has 2 N–H and O–H groups in total. The molecule has 0 amide bonds. The van der Waals surface area contributed by atoms with Crippen LogP contribution in [0.4, 0.5) is 8.78 Å². The minimum absolute atomic E-state index is 0. The molecule has 0 aromatic heterocycles. The summed E-state index contributed by atoms with van der Waals surface area (Å²) < 4.78 is 29.3. The SMILES string of the molecule is CCNC(=NCc1cccc(OCC(F)F)c1)NC1CC1.I. The molecular weight excluding hydrogens is 403 g/mol. The molecule has 0 unspecified atom stereocenters. The van der Waals surface area contributed by atoms with Crippen molar-refractivity contribution in [3.63, 3.8) is 0 Å². The van der Waals surface area contributed by atoms with Crippen LogP contribution in [-0.2, 0) is 6.54 Å². The highest BCUT2D eigenvalue weighted by molar-refractivity contribution is 14.0. The van der Waals surface area contributed by atoms with E-state index in [1.54, 1.807) is 18.2 Å². The van der Waals surface area contributed by atoms with Crippen LogP contribution < -0.4 is 15.4 Å². The average molecular weight is 425 g/mol. The van der Waals surface area contributed by atoms with Crippen molar-refractivity contribution in [1.82, 2.24) is 10.6 Å². The van der Waals surface area contributed by atoms with Gasteiger partial charge in [-0.1, -0.05) is 12.1 Å². The normalized spacial score (nSPS) is 14.5. The summed E-state index contributed by atoms with van der Waals surface area (Å²) in [5, 5.41) is 6.51. The number of nitrogens with one attached hydrogen (secondary N) is 2. The van der Waals surface area contributed by atoms with Gasteiger partial charge < -0.3 is 15.4 Å². The Morgan fingerprint density at radius 3 is 2.82 bits per heavy atom. The van der Waals surface area contributed by atoms with Crippen LogP contribution in [0.3, 0.4) is 0 Å². The average Bonchev–Trinajstić information content (AvgIpc) is 3.27. The Balaban J connectivity index is 0.00000242. The molecule has 4 nitrogen and oxygen atoms in total. The zero-order valence-electron chi connectivity index (χ0n) is 12.5. The predicted molar refractivity (Wildman–Crippen MR) is 94.3 cm³/mol. The van der Waals surface area contributed by atoms with Crippen molar-refractivity contribution < 1.29 is 13.5 Å². The summed E-state index contributed by atoms with van der Waals surface area (Å²) in [5.41, 5.74) is 0.926. The van der Waals surface area contributed by atoms with Crippen LogP contribution in [0.5, 0.6) is 5.75 Å². The predicted octanol–water partition coefficient (Wildman–Crippen LogP) is 3.17. The van der Waals surface area contributed by atoms with Crippen molar-refractivity contribution in [3.05, 3.63) is 29.8 Å². The Hall–Kier alpha value is -1.12. The number of halogens is 3. The van der Waals surface area contributed by atoms with E-state index >= 15 is 0 Å². The smallest absolute Gasteiger partial charge is 0.272 e. The molecule has 1 saturated carbocycles. The largest absolute Gasteiger partial charge is 0.488 e. The molecule has 0 radical (unpaired) electrons. The summed E-state index contributed by atoms with van der Waals surface area (Å²) in [6.45, 7) is 2.71. The van der Waals surface area contributed by atoms with Crippen LogP contribution in [0.25, 0.3) is 0 Å². The lowest BCUT2D eigenvalue weighted by atomic mass is 10.2. The van der Waals surface area contributed by atoms with Crippen molar-refractivity contribution in [2.24, 2.45) is 4.99 Å². The van der Waals surface area contributed by atoms with Gasteiger partial charge in [-0.3, -0.25) is 0 Å². The number of hydrogen-bond acceptors (Lipinski definition) is 2. The van der Waals surface area contributed by atoms with Gasteiger partial charge in [0, 0.05) is 12.6 Å². The molecule has 0 bridgehead atoms. The van der Waals surface area contributed by atoms with Crippen LogP contribution in [-0.4, -0.2) is 31.6 Å². The molecule has 1 aromatic rings. The monoisotopic (exact) mass is 425 g/mol. The minimum atomic E-state index is -2.46. The number of guanidine groups is 1. The van der Waals surface area contributed by atoms with E-state index in [1.807, 2.05) is 13.0 Å². The van der Waals surface area contributed by atoms with E-state index in [0.717, 1.165) is 18.1 Å². The zero-order chi connectivity index (χ0) is 15.1. The third kappa shape index (κ3) is 7.24. The standard InChI is InChI=1S/C15H21F2N3O.HI/c1-2-18-15(20-12-6-7-12)19-9-11-4-3-5-13(8-11)21-10-14(16)17;/h3-5,8,12,14H,2,6-7,9-10H2,1H3,(H2,18,19,20);1H. The van der Waals surface area contributed by atoms with Crippen molar-refractivity contribution in [2.45, 2.75) is 38.8 Å². The first kappa shape index (κ1) is 18.9. The zero-order valence-corrected chi connectivity index (χ0v) is 14.8. The first-order valence-corrected chi connectivity index (χ1v) is 7.22. The number of rotatable bonds is 7. The van der Waals surface area contributed by atoms with Gasteiger partial charge >= 0.3 is 0 Å². The second-order valence-electron chi connectivity index (χ2n) is 4.96.